The minimum atomic E-state index is -0.426. The SMILES string of the molecule is CCCC[C@@H](N)C(=O)OC.Cl. The fourth-order valence-electron chi connectivity index (χ4n) is 0.693. The van der Waals surface area contributed by atoms with Gasteiger partial charge in [-0.25, -0.2) is 0 Å². The number of esters is 1. The Labute approximate surface area is 73.7 Å². The second-order valence-electron chi connectivity index (χ2n) is 2.27. The average Bonchev–Trinajstić information content (AvgIpc) is 1.98. The first-order valence-corrected chi connectivity index (χ1v) is 3.55. The number of rotatable bonds is 4. The van der Waals surface area contributed by atoms with Crippen LogP contribution < -0.4 is 5.73 Å². The van der Waals surface area contributed by atoms with Crippen LogP contribution in [0.25, 0.3) is 0 Å². The van der Waals surface area contributed by atoms with Crippen LogP contribution in [0.2, 0.25) is 0 Å². The summed E-state index contributed by atoms with van der Waals surface area (Å²) in [6.45, 7) is 2.06. The van der Waals surface area contributed by atoms with E-state index < -0.39 is 6.04 Å². The van der Waals surface area contributed by atoms with E-state index in [1.807, 2.05) is 0 Å². The zero-order chi connectivity index (χ0) is 7.98. The predicted octanol–water partition coefficient (Wildman–Crippen LogP) is 1.10. The molecule has 0 aromatic heterocycles. The van der Waals surface area contributed by atoms with Crippen molar-refractivity contribution in [2.45, 2.75) is 32.2 Å². The van der Waals surface area contributed by atoms with Crippen molar-refractivity contribution in [1.29, 1.82) is 0 Å². The Hall–Kier alpha value is -0.280. The summed E-state index contributed by atoms with van der Waals surface area (Å²) in [6, 6.07) is -0.426. The lowest BCUT2D eigenvalue weighted by molar-refractivity contribution is -0.142. The lowest BCUT2D eigenvalue weighted by Crippen LogP contribution is -2.31. The van der Waals surface area contributed by atoms with E-state index in [0.717, 1.165) is 19.3 Å². The van der Waals surface area contributed by atoms with Gasteiger partial charge in [0.25, 0.3) is 0 Å². The van der Waals surface area contributed by atoms with Gasteiger partial charge in [0.2, 0.25) is 0 Å². The van der Waals surface area contributed by atoms with Crippen LogP contribution in [0.5, 0.6) is 0 Å². The van der Waals surface area contributed by atoms with E-state index in [-0.39, 0.29) is 18.4 Å². The third-order valence-corrected chi connectivity index (χ3v) is 1.37. The van der Waals surface area contributed by atoms with Crippen molar-refractivity contribution in [1.82, 2.24) is 0 Å². The summed E-state index contributed by atoms with van der Waals surface area (Å²) in [5.74, 6) is -0.312. The van der Waals surface area contributed by atoms with E-state index >= 15 is 0 Å². The standard InChI is InChI=1S/C7H15NO2.ClH/c1-3-4-5-6(8)7(9)10-2;/h6H,3-5,8H2,1-2H3;1H/t6-;/m1./s1. The summed E-state index contributed by atoms with van der Waals surface area (Å²) in [5, 5.41) is 0. The Bertz CT molecular complexity index is 109. The topological polar surface area (TPSA) is 52.3 Å². The van der Waals surface area contributed by atoms with Gasteiger partial charge in [0.15, 0.2) is 0 Å². The van der Waals surface area contributed by atoms with Gasteiger partial charge in [-0.2, -0.15) is 0 Å². The van der Waals surface area contributed by atoms with Crippen LogP contribution in [0.3, 0.4) is 0 Å². The molecule has 0 fully saturated rings. The highest BCUT2D eigenvalue weighted by Crippen LogP contribution is 1.98. The van der Waals surface area contributed by atoms with E-state index in [4.69, 9.17) is 5.73 Å². The highest BCUT2D eigenvalue weighted by atomic mass is 35.5. The number of hydrogen-bond donors (Lipinski definition) is 1. The summed E-state index contributed by atoms with van der Waals surface area (Å²) in [7, 11) is 1.36. The molecule has 0 aromatic carbocycles. The quantitative estimate of drug-likeness (QED) is 0.661. The molecule has 0 aromatic rings. The molecule has 68 valence electrons. The average molecular weight is 182 g/mol. The van der Waals surface area contributed by atoms with Gasteiger partial charge in [-0.1, -0.05) is 19.8 Å². The highest BCUT2D eigenvalue weighted by Gasteiger charge is 2.11. The molecular formula is C7H16ClNO2. The Balaban J connectivity index is 0. The van der Waals surface area contributed by atoms with Gasteiger partial charge >= 0.3 is 5.97 Å². The molecule has 0 heterocycles. The summed E-state index contributed by atoms with van der Waals surface area (Å²) in [6.07, 6.45) is 2.77. The van der Waals surface area contributed by atoms with Gasteiger partial charge in [-0.15, -0.1) is 12.4 Å². The van der Waals surface area contributed by atoms with Crippen LogP contribution in [0.1, 0.15) is 26.2 Å². The molecule has 1 atom stereocenters. The molecule has 0 radical (unpaired) electrons. The summed E-state index contributed by atoms with van der Waals surface area (Å²) in [4.78, 5) is 10.7. The monoisotopic (exact) mass is 181 g/mol. The number of halogens is 1. The first-order chi connectivity index (χ1) is 4.72. The fraction of sp³-hybridized carbons (Fsp3) is 0.857. The molecule has 0 saturated carbocycles. The van der Waals surface area contributed by atoms with Gasteiger partial charge in [-0.05, 0) is 6.42 Å². The largest absolute Gasteiger partial charge is 0.468 e. The van der Waals surface area contributed by atoms with Crippen LogP contribution in [0.4, 0.5) is 0 Å². The van der Waals surface area contributed by atoms with Gasteiger partial charge < -0.3 is 10.5 Å². The van der Waals surface area contributed by atoms with E-state index in [9.17, 15) is 4.79 Å². The van der Waals surface area contributed by atoms with Gasteiger partial charge in [-0.3, -0.25) is 4.79 Å². The molecule has 4 heteroatoms. The maximum atomic E-state index is 10.7. The minimum Gasteiger partial charge on any atom is -0.468 e. The predicted molar refractivity (Wildman–Crippen MR) is 46.8 cm³/mol. The molecular weight excluding hydrogens is 166 g/mol. The Morgan fingerprint density at radius 1 is 1.64 bits per heavy atom. The zero-order valence-electron chi connectivity index (χ0n) is 7.00. The van der Waals surface area contributed by atoms with Crippen LogP contribution >= 0.6 is 12.4 Å². The molecule has 11 heavy (non-hydrogen) atoms. The number of carbonyl (C=O) groups is 1. The smallest absolute Gasteiger partial charge is 0.322 e. The molecule has 2 N–H and O–H groups in total. The summed E-state index contributed by atoms with van der Waals surface area (Å²) < 4.78 is 4.45. The van der Waals surface area contributed by atoms with Crippen molar-refractivity contribution in [2.75, 3.05) is 7.11 Å². The van der Waals surface area contributed by atoms with Crippen molar-refractivity contribution in [3.8, 4) is 0 Å². The van der Waals surface area contributed by atoms with Crippen molar-refractivity contribution in [3.63, 3.8) is 0 Å². The molecule has 0 saturated heterocycles. The number of ether oxygens (including phenoxy) is 1. The molecule has 0 rings (SSSR count). The molecule has 3 nitrogen and oxygen atoms in total. The van der Waals surface area contributed by atoms with Crippen LogP contribution in [-0.4, -0.2) is 19.1 Å². The third-order valence-electron chi connectivity index (χ3n) is 1.37. The number of hydrogen-bond acceptors (Lipinski definition) is 3. The van der Waals surface area contributed by atoms with Crippen molar-refractivity contribution < 1.29 is 9.53 Å². The molecule has 0 unspecified atom stereocenters. The first-order valence-electron chi connectivity index (χ1n) is 3.55. The second kappa shape index (κ2) is 7.82. The fourth-order valence-corrected chi connectivity index (χ4v) is 0.693. The Morgan fingerprint density at radius 2 is 2.18 bits per heavy atom. The lowest BCUT2D eigenvalue weighted by atomic mass is 10.1. The lowest BCUT2D eigenvalue weighted by Gasteiger charge is -2.06. The van der Waals surface area contributed by atoms with Crippen molar-refractivity contribution in [2.24, 2.45) is 5.73 Å². The third kappa shape index (κ3) is 6.13. The van der Waals surface area contributed by atoms with Crippen LogP contribution in [0, 0.1) is 0 Å². The Kier molecular flexibility index (Phi) is 9.47. The first kappa shape index (κ1) is 13.3. The zero-order valence-corrected chi connectivity index (χ0v) is 7.82. The Morgan fingerprint density at radius 3 is 2.55 bits per heavy atom. The van der Waals surface area contributed by atoms with Crippen LogP contribution in [0.15, 0.2) is 0 Å². The maximum absolute atomic E-state index is 10.7. The molecule has 0 aliphatic carbocycles. The van der Waals surface area contributed by atoms with Gasteiger partial charge in [0.1, 0.15) is 6.04 Å². The van der Waals surface area contributed by atoms with Crippen LogP contribution in [-0.2, 0) is 9.53 Å². The van der Waals surface area contributed by atoms with Crippen molar-refractivity contribution in [3.05, 3.63) is 0 Å². The highest BCUT2D eigenvalue weighted by molar-refractivity contribution is 5.85. The van der Waals surface area contributed by atoms with Gasteiger partial charge in [0.05, 0.1) is 7.11 Å². The number of carbonyl (C=O) groups excluding carboxylic acids is 1. The minimum absolute atomic E-state index is 0. The van der Waals surface area contributed by atoms with E-state index in [2.05, 4.69) is 11.7 Å². The van der Waals surface area contributed by atoms with E-state index in [1.165, 1.54) is 7.11 Å². The number of unbranched alkanes of at least 4 members (excludes halogenated alkanes) is 1. The number of nitrogens with two attached hydrogens (primary N) is 1. The molecule has 0 aliphatic heterocycles. The summed E-state index contributed by atoms with van der Waals surface area (Å²) in [5.41, 5.74) is 5.44. The van der Waals surface area contributed by atoms with E-state index in [0.29, 0.717) is 0 Å². The van der Waals surface area contributed by atoms with Gasteiger partial charge in [0, 0.05) is 0 Å². The number of methoxy groups -OCH3 is 1. The van der Waals surface area contributed by atoms with Crippen molar-refractivity contribution >= 4 is 18.4 Å². The molecule has 0 bridgehead atoms. The second-order valence-corrected chi connectivity index (χ2v) is 2.27. The molecule has 0 spiro atoms. The molecule has 0 amide bonds. The summed E-state index contributed by atoms with van der Waals surface area (Å²) >= 11 is 0. The normalized spacial score (nSPS) is 11.5. The molecule has 0 aliphatic rings. The maximum Gasteiger partial charge on any atom is 0.322 e. The van der Waals surface area contributed by atoms with E-state index in [1.54, 1.807) is 0 Å².